The van der Waals surface area contributed by atoms with Crippen molar-refractivity contribution in [2.24, 2.45) is 0 Å². The van der Waals surface area contributed by atoms with Crippen molar-refractivity contribution in [1.82, 2.24) is 9.97 Å². The van der Waals surface area contributed by atoms with Crippen LogP contribution in [0.5, 0.6) is 0 Å². The third kappa shape index (κ3) is 3.88. The number of nitrogens with zero attached hydrogens (tertiary/aromatic N) is 3. The molecule has 0 radical (unpaired) electrons. The molecule has 2 aromatic rings. The van der Waals surface area contributed by atoms with E-state index in [1.54, 1.807) is 18.3 Å². The number of aromatic nitrogens is 2. The van der Waals surface area contributed by atoms with Gasteiger partial charge in [-0.1, -0.05) is 17.8 Å². The van der Waals surface area contributed by atoms with E-state index in [1.165, 1.54) is 17.3 Å². The summed E-state index contributed by atoms with van der Waals surface area (Å²) >= 11 is 1.30. The lowest BCUT2D eigenvalue weighted by molar-refractivity contribution is -0.113. The van der Waals surface area contributed by atoms with Crippen molar-refractivity contribution in [3.05, 3.63) is 47.3 Å². The zero-order chi connectivity index (χ0) is 16.1. The summed E-state index contributed by atoms with van der Waals surface area (Å²) in [4.78, 5) is 20.7. The van der Waals surface area contributed by atoms with E-state index >= 15 is 0 Å². The summed E-state index contributed by atoms with van der Waals surface area (Å²) in [5, 5.41) is 12.7. The van der Waals surface area contributed by atoms with Crippen molar-refractivity contribution in [3.8, 4) is 6.07 Å². The molecule has 0 aliphatic heterocycles. The van der Waals surface area contributed by atoms with Crippen LogP contribution in [0.2, 0.25) is 0 Å². The highest BCUT2D eigenvalue weighted by Gasteiger charge is 2.16. The minimum atomic E-state index is -0.155. The lowest BCUT2D eigenvalue weighted by Crippen LogP contribution is -2.15. The van der Waals surface area contributed by atoms with Crippen LogP contribution in [0, 0.1) is 11.3 Å². The molecule has 23 heavy (non-hydrogen) atoms. The van der Waals surface area contributed by atoms with E-state index in [4.69, 9.17) is 0 Å². The van der Waals surface area contributed by atoms with E-state index in [9.17, 15) is 10.1 Å². The Morgan fingerprint density at radius 2 is 2.22 bits per heavy atom. The number of aryl methyl sites for hydroxylation is 2. The second-order valence-corrected chi connectivity index (χ2v) is 6.28. The molecular weight excluding hydrogens is 308 g/mol. The number of hydrogen-bond donors (Lipinski definition) is 1. The van der Waals surface area contributed by atoms with Gasteiger partial charge in [0.1, 0.15) is 16.9 Å². The van der Waals surface area contributed by atoms with Crippen LogP contribution in [-0.2, 0) is 17.6 Å². The molecule has 0 fully saturated rings. The number of nitrogens with one attached hydrogen (secondary N) is 1. The van der Waals surface area contributed by atoms with E-state index in [0.29, 0.717) is 16.4 Å². The molecule has 1 amide bonds. The molecule has 0 unspecified atom stereocenters. The summed E-state index contributed by atoms with van der Waals surface area (Å²) in [7, 11) is 0. The molecule has 0 saturated heterocycles. The number of nitriles is 1. The zero-order valence-corrected chi connectivity index (χ0v) is 13.4. The fraction of sp³-hybridized carbons (Fsp3) is 0.294. The molecule has 1 aliphatic rings. The molecule has 6 heteroatoms. The number of amides is 1. The van der Waals surface area contributed by atoms with Crippen molar-refractivity contribution >= 4 is 23.5 Å². The van der Waals surface area contributed by atoms with Gasteiger partial charge in [-0.2, -0.15) is 5.26 Å². The highest BCUT2D eigenvalue weighted by atomic mass is 32.2. The Kier molecular flexibility index (Phi) is 4.89. The van der Waals surface area contributed by atoms with E-state index in [1.807, 2.05) is 12.1 Å². The van der Waals surface area contributed by atoms with E-state index in [2.05, 4.69) is 21.4 Å². The Morgan fingerprint density at radius 1 is 1.35 bits per heavy atom. The first-order chi connectivity index (χ1) is 11.3. The summed E-state index contributed by atoms with van der Waals surface area (Å²) < 4.78 is 0. The molecule has 1 aliphatic carbocycles. The van der Waals surface area contributed by atoms with Gasteiger partial charge in [0.2, 0.25) is 5.91 Å². The third-order valence-electron chi connectivity index (χ3n) is 3.66. The van der Waals surface area contributed by atoms with Gasteiger partial charge in [-0.25, -0.2) is 9.97 Å². The molecule has 1 N–H and O–H groups in total. The van der Waals surface area contributed by atoms with Gasteiger partial charge in [-0.3, -0.25) is 4.79 Å². The summed E-state index contributed by atoms with van der Waals surface area (Å²) in [6, 6.07) is 9.47. The topological polar surface area (TPSA) is 78.7 Å². The monoisotopic (exact) mass is 324 g/mol. The summed E-state index contributed by atoms with van der Waals surface area (Å²) in [6.07, 6.45) is 5.85. The van der Waals surface area contributed by atoms with Crippen molar-refractivity contribution < 1.29 is 4.79 Å². The van der Waals surface area contributed by atoms with Crippen LogP contribution >= 0.6 is 11.8 Å². The Balaban J connectivity index is 1.68. The van der Waals surface area contributed by atoms with Crippen LogP contribution in [0.15, 0.2) is 35.5 Å². The number of pyridine rings is 2. The van der Waals surface area contributed by atoms with Crippen molar-refractivity contribution in [1.29, 1.82) is 5.26 Å². The van der Waals surface area contributed by atoms with Gasteiger partial charge in [0.15, 0.2) is 0 Å². The molecule has 3 rings (SSSR count). The molecule has 0 saturated carbocycles. The van der Waals surface area contributed by atoms with Gasteiger partial charge in [-0.15, -0.1) is 0 Å². The van der Waals surface area contributed by atoms with Crippen molar-refractivity contribution in [2.45, 2.75) is 30.7 Å². The quantitative estimate of drug-likeness (QED) is 0.875. The van der Waals surface area contributed by atoms with Crippen LogP contribution in [0.4, 0.5) is 5.82 Å². The lowest BCUT2D eigenvalue weighted by Gasteiger charge is -2.16. The average molecular weight is 324 g/mol. The molecule has 2 aromatic heterocycles. The molecule has 116 valence electrons. The maximum atomic E-state index is 12.0. The van der Waals surface area contributed by atoms with Crippen LogP contribution in [0.25, 0.3) is 0 Å². The second-order valence-electron chi connectivity index (χ2n) is 5.32. The Bertz CT molecular complexity index is 755. The summed E-state index contributed by atoms with van der Waals surface area (Å²) in [5.74, 6) is 0.575. The zero-order valence-electron chi connectivity index (χ0n) is 12.6. The first-order valence-electron chi connectivity index (χ1n) is 7.53. The fourth-order valence-corrected chi connectivity index (χ4v) is 3.33. The fourth-order valence-electron chi connectivity index (χ4n) is 2.55. The van der Waals surface area contributed by atoms with Gasteiger partial charge in [-0.05, 0) is 49.4 Å². The molecule has 0 atom stereocenters. The van der Waals surface area contributed by atoms with Gasteiger partial charge < -0.3 is 5.32 Å². The molecule has 5 nitrogen and oxygen atoms in total. The number of thioether (sulfide) groups is 1. The van der Waals surface area contributed by atoms with Crippen LogP contribution in [-0.4, -0.2) is 21.6 Å². The number of carbonyl (C=O) groups is 1. The second kappa shape index (κ2) is 7.25. The molecule has 0 spiro atoms. The van der Waals surface area contributed by atoms with Gasteiger partial charge in [0.25, 0.3) is 0 Å². The lowest BCUT2D eigenvalue weighted by atomic mass is 9.95. The Morgan fingerprint density at radius 3 is 3.00 bits per heavy atom. The largest absolute Gasteiger partial charge is 0.310 e. The minimum Gasteiger partial charge on any atom is -0.310 e. The molecule has 0 bridgehead atoms. The first kappa shape index (κ1) is 15.5. The highest BCUT2D eigenvalue weighted by Crippen LogP contribution is 2.27. The number of anilines is 1. The smallest absolute Gasteiger partial charge is 0.235 e. The van der Waals surface area contributed by atoms with Gasteiger partial charge in [0.05, 0.1) is 11.3 Å². The van der Waals surface area contributed by atoms with E-state index in [-0.39, 0.29) is 11.7 Å². The van der Waals surface area contributed by atoms with Crippen molar-refractivity contribution in [3.63, 3.8) is 0 Å². The number of hydrogen-bond acceptors (Lipinski definition) is 5. The highest BCUT2D eigenvalue weighted by molar-refractivity contribution is 8.00. The van der Waals surface area contributed by atoms with Crippen LogP contribution in [0.1, 0.15) is 29.7 Å². The summed E-state index contributed by atoms with van der Waals surface area (Å²) in [6.45, 7) is 0. The standard InChI is InChI=1S/C17H16N4OS/c18-10-13-9-12-5-1-2-6-14(12)20-17(13)23-11-16(22)21-15-7-3-4-8-19-15/h3-4,7-9H,1-2,5-6,11H2,(H,19,21,22). The maximum absolute atomic E-state index is 12.0. The Labute approximate surface area is 139 Å². The number of fused-ring (bicyclic) bond motifs is 1. The summed E-state index contributed by atoms with van der Waals surface area (Å²) in [5.41, 5.74) is 2.80. The maximum Gasteiger partial charge on any atom is 0.235 e. The predicted molar refractivity (Wildman–Crippen MR) is 89.2 cm³/mol. The van der Waals surface area contributed by atoms with E-state index < -0.39 is 0 Å². The number of carbonyl (C=O) groups excluding carboxylic acids is 1. The van der Waals surface area contributed by atoms with Crippen LogP contribution < -0.4 is 5.32 Å². The van der Waals surface area contributed by atoms with Gasteiger partial charge in [0, 0.05) is 11.9 Å². The van der Waals surface area contributed by atoms with E-state index in [0.717, 1.165) is 31.4 Å². The Hall–Kier alpha value is -2.39. The SMILES string of the molecule is N#Cc1cc2c(nc1SCC(=O)Nc1ccccn1)CCCC2. The molecule has 2 heterocycles. The molecular formula is C17H16N4OS. The molecule has 0 aromatic carbocycles. The van der Waals surface area contributed by atoms with Crippen molar-refractivity contribution in [2.75, 3.05) is 11.1 Å². The normalized spacial score (nSPS) is 13.0. The first-order valence-corrected chi connectivity index (χ1v) is 8.51. The third-order valence-corrected chi connectivity index (χ3v) is 4.65. The van der Waals surface area contributed by atoms with Gasteiger partial charge >= 0.3 is 0 Å². The predicted octanol–water partition coefficient (Wildman–Crippen LogP) is 2.96. The van der Waals surface area contributed by atoms with Crippen LogP contribution in [0.3, 0.4) is 0 Å². The average Bonchev–Trinajstić information content (AvgIpc) is 2.60. The number of rotatable bonds is 4. The minimum absolute atomic E-state index is 0.155.